The van der Waals surface area contributed by atoms with E-state index in [4.69, 9.17) is 16.3 Å². The molecule has 2 aliphatic heterocycles. The Hall–Kier alpha value is -3.05. The first-order valence-electron chi connectivity index (χ1n) is 14.9. The van der Waals surface area contributed by atoms with Crippen molar-refractivity contribution in [3.05, 3.63) is 63.7 Å². The van der Waals surface area contributed by atoms with E-state index in [9.17, 15) is 19.5 Å². The number of thiophene rings is 1. The molecule has 3 fully saturated rings. The van der Waals surface area contributed by atoms with Gasteiger partial charge in [0.2, 0.25) is 5.91 Å². The number of rotatable bonds is 9. The number of carboxylic acids is 1. The van der Waals surface area contributed by atoms with Gasteiger partial charge in [-0.25, -0.2) is 4.39 Å². The first kappa shape index (κ1) is 30.0. The van der Waals surface area contributed by atoms with Crippen LogP contribution in [0.3, 0.4) is 0 Å². The van der Waals surface area contributed by atoms with Gasteiger partial charge >= 0.3 is 5.97 Å². The number of hydrogen-bond acceptors (Lipinski definition) is 6. The maximum absolute atomic E-state index is 15.3. The molecule has 6 rings (SSSR count). The van der Waals surface area contributed by atoms with Crippen LogP contribution in [0.4, 0.5) is 10.1 Å². The van der Waals surface area contributed by atoms with Crippen molar-refractivity contribution in [3.8, 4) is 0 Å². The highest BCUT2D eigenvalue weighted by Crippen LogP contribution is 2.32. The summed E-state index contributed by atoms with van der Waals surface area (Å²) in [5, 5.41) is 14.7. The normalized spacial score (nSPS) is 24.2. The zero-order chi connectivity index (χ0) is 30.1. The Morgan fingerprint density at radius 2 is 1.88 bits per heavy atom. The number of carbonyl (C=O) groups excluding carboxylic acids is 2. The lowest BCUT2D eigenvalue weighted by atomic mass is 9.87. The number of hydrogen-bond donors (Lipinski definition) is 2. The van der Waals surface area contributed by atoms with Gasteiger partial charge in [-0.05, 0) is 75.4 Å². The average Bonchev–Trinajstić information content (AvgIpc) is 3.58. The lowest BCUT2D eigenvalue weighted by molar-refractivity contribution is -0.144. The Morgan fingerprint density at radius 1 is 1.12 bits per heavy atom. The van der Waals surface area contributed by atoms with Crippen molar-refractivity contribution in [3.63, 3.8) is 0 Å². The van der Waals surface area contributed by atoms with Crippen molar-refractivity contribution >= 4 is 56.5 Å². The van der Waals surface area contributed by atoms with Gasteiger partial charge in [0.15, 0.2) is 0 Å². The quantitative estimate of drug-likeness (QED) is 0.310. The van der Waals surface area contributed by atoms with E-state index in [2.05, 4.69) is 10.2 Å². The second-order valence-electron chi connectivity index (χ2n) is 11.8. The first-order valence-corrected chi connectivity index (χ1v) is 16.2. The van der Waals surface area contributed by atoms with E-state index in [0.717, 1.165) is 36.0 Å². The van der Waals surface area contributed by atoms with Crippen LogP contribution in [0.15, 0.2) is 41.8 Å². The summed E-state index contributed by atoms with van der Waals surface area (Å²) in [5.41, 5.74) is 0.817. The van der Waals surface area contributed by atoms with Crippen LogP contribution in [0.1, 0.15) is 54.4 Å². The number of carbonyl (C=O) groups is 3. The minimum Gasteiger partial charge on any atom is -0.481 e. The minimum absolute atomic E-state index is 0.0123. The lowest BCUT2D eigenvalue weighted by Crippen LogP contribution is -2.46. The predicted octanol–water partition coefficient (Wildman–Crippen LogP) is 5.82. The molecule has 2 amide bonds. The third-order valence-corrected chi connectivity index (χ3v) is 10.4. The number of carboxylic acid groups (broad SMARTS) is 1. The van der Waals surface area contributed by atoms with Crippen molar-refractivity contribution in [2.75, 3.05) is 31.6 Å². The highest BCUT2D eigenvalue weighted by atomic mass is 35.5. The molecule has 0 radical (unpaired) electrons. The Morgan fingerprint density at radius 3 is 2.60 bits per heavy atom. The Balaban J connectivity index is 1.11. The molecule has 0 spiro atoms. The molecule has 3 heterocycles. The smallest absolute Gasteiger partial charge is 0.306 e. The average molecular weight is 628 g/mol. The summed E-state index contributed by atoms with van der Waals surface area (Å²) >= 11 is 7.94. The van der Waals surface area contributed by atoms with Crippen LogP contribution in [0, 0.1) is 11.7 Å². The van der Waals surface area contributed by atoms with Crippen molar-refractivity contribution in [1.82, 2.24) is 9.80 Å². The van der Waals surface area contributed by atoms with E-state index >= 15 is 4.39 Å². The van der Waals surface area contributed by atoms with Gasteiger partial charge in [-0.15, -0.1) is 11.3 Å². The number of fused-ring (bicyclic) bond motifs is 1. The van der Waals surface area contributed by atoms with Crippen molar-refractivity contribution < 1.29 is 28.6 Å². The van der Waals surface area contributed by atoms with E-state index < -0.39 is 11.8 Å². The molecule has 228 valence electrons. The molecule has 1 saturated carbocycles. The number of likely N-dealkylation sites (tertiary alicyclic amines) is 2. The summed E-state index contributed by atoms with van der Waals surface area (Å²) in [4.78, 5) is 42.0. The van der Waals surface area contributed by atoms with Gasteiger partial charge in [-0.1, -0.05) is 29.8 Å². The highest BCUT2D eigenvalue weighted by Gasteiger charge is 2.40. The van der Waals surface area contributed by atoms with Crippen LogP contribution >= 0.6 is 22.9 Å². The standard InChI is InChI=1S/C32H35ClFN3O5S/c33-26-12-20(27(34)15-28(26)35-31(39)25-18-43-29-5-2-1-4-24(25)29)13-30(38)37-16-21(36-10-3-11-36)14-22(37)17-42-23-8-6-19(7-9-23)32(40)41/h1-2,4-5,12,15,18-19,21-23H,3,6-11,13-14,16-17H2,(H,35,39)(H,40,41)/t19?,21-,22-,23?/m0/s1. The van der Waals surface area contributed by atoms with Crippen molar-refractivity contribution in [2.45, 2.75) is 63.1 Å². The molecule has 2 atom stereocenters. The van der Waals surface area contributed by atoms with Crippen LogP contribution in [-0.2, 0) is 20.7 Å². The Kier molecular flexibility index (Phi) is 9.00. The summed E-state index contributed by atoms with van der Waals surface area (Å²) in [7, 11) is 0. The fourth-order valence-electron chi connectivity index (χ4n) is 6.48. The summed E-state index contributed by atoms with van der Waals surface area (Å²) in [6, 6.07) is 10.3. The molecule has 2 aromatic carbocycles. The number of ether oxygens (including phenoxy) is 1. The van der Waals surface area contributed by atoms with E-state index in [1.807, 2.05) is 29.2 Å². The SMILES string of the molecule is O=C(Nc1cc(F)c(CC(=O)N2C[C@@H](N3CCC3)C[C@H]2COC2CCC(C(=O)O)CC2)cc1Cl)c1csc2ccccc12. The van der Waals surface area contributed by atoms with Crippen LogP contribution in [0.2, 0.25) is 5.02 Å². The van der Waals surface area contributed by atoms with E-state index in [1.54, 1.807) is 5.38 Å². The molecule has 3 aromatic rings. The van der Waals surface area contributed by atoms with Gasteiger partial charge in [-0.2, -0.15) is 0 Å². The highest BCUT2D eigenvalue weighted by molar-refractivity contribution is 7.17. The summed E-state index contributed by atoms with van der Waals surface area (Å²) in [5.74, 6) is -2.23. The summed E-state index contributed by atoms with van der Waals surface area (Å²) in [6.45, 7) is 2.97. The molecular weight excluding hydrogens is 593 g/mol. The first-order chi connectivity index (χ1) is 20.8. The van der Waals surface area contributed by atoms with Crippen LogP contribution < -0.4 is 5.32 Å². The Bertz CT molecular complexity index is 1520. The van der Waals surface area contributed by atoms with Crippen LogP contribution in [-0.4, -0.2) is 77.1 Å². The van der Waals surface area contributed by atoms with E-state index in [-0.39, 0.29) is 58.6 Å². The molecule has 0 unspecified atom stereocenters. The van der Waals surface area contributed by atoms with Crippen LogP contribution in [0.25, 0.3) is 10.1 Å². The number of halogens is 2. The van der Waals surface area contributed by atoms with Crippen molar-refractivity contribution in [2.24, 2.45) is 5.92 Å². The van der Waals surface area contributed by atoms with Gasteiger partial charge < -0.3 is 20.1 Å². The fourth-order valence-corrected chi connectivity index (χ4v) is 7.65. The number of amides is 2. The Labute approximate surface area is 258 Å². The fraction of sp³-hybridized carbons (Fsp3) is 0.469. The molecule has 2 N–H and O–H groups in total. The zero-order valence-corrected chi connectivity index (χ0v) is 25.3. The number of nitrogens with zero attached hydrogens (tertiary/aromatic N) is 2. The third kappa shape index (κ3) is 6.57. The van der Waals surface area contributed by atoms with Gasteiger partial charge in [-0.3, -0.25) is 19.3 Å². The number of aliphatic carboxylic acids is 1. The molecule has 3 aliphatic rings. The topological polar surface area (TPSA) is 99.2 Å². The zero-order valence-electron chi connectivity index (χ0n) is 23.8. The number of benzene rings is 2. The number of anilines is 1. The molecule has 11 heteroatoms. The van der Waals surface area contributed by atoms with Crippen LogP contribution in [0.5, 0.6) is 0 Å². The molecule has 1 aliphatic carbocycles. The van der Waals surface area contributed by atoms with Gasteiger partial charge in [0.25, 0.3) is 5.91 Å². The largest absolute Gasteiger partial charge is 0.481 e. The summed E-state index contributed by atoms with van der Waals surface area (Å²) in [6.07, 6.45) is 4.37. The van der Waals surface area contributed by atoms with Gasteiger partial charge in [0.05, 0.1) is 47.4 Å². The lowest BCUT2D eigenvalue weighted by Gasteiger charge is -2.36. The molecule has 8 nitrogen and oxygen atoms in total. The van der Waals surface area contributed by atoms with E-state index in [0.29, 0.717) is 44.4 Å². The monoisotopic (exact) mass is 627 g/mol. The number of nitrogens with one attached hydrogen (secondary N) is 1. The van der Waals surface area contributed by atoms with Gasteiger partial charge in [0.1, 0.15) is 5.82 Å². The maximum Gasteiger partial charge on any atom is 0.306 e. The second-order valence-corrected chi connectivity index (χ2v) is 13.1. The molecule has 1 aromatic heterocycles. The van der Waals surface area contributed by atoms with Crippen molar-refractivity contribution in [1.29, 1.82) is 0 Å². The molecule has 2 saturated heterocycles. The third-order valence-electron chi connectivity index (χ3n) is 9.12. The minimum atomic E-state index is -0.748. The van der Waals surface area contributed by atoms with E-state index in [1.165, 1.54) is 23.5 Å². The predicted molar refractivity (Wildman–Crippen MR) is 164 cm³/mol. The molecule has 0 bridgehead atoms. The molecule has 43 heavy (non-hydrogen) atoms. The molecular formula is C32H35ClFN3O5S. The van der Waals surface area contributed by atoms with Gasteiger partial charge in [0, 0.05) is 28.1 Å². The maximum atomic E-state index is 15.3. The second kappa shape index (κ2) is 12.9. The summed E-state index contributed by atoms with van der Waals surface area (Å²) < 4.78 is 22.5.